The SMILES string of the molecule is Nc1c(N=Nc2cc(S(=O)(=O)CCOS(=O)(=O)O)ccc2CO)c(N)c(N=Nc2ccccc2S(=O)(=O)O)c(C(=O)O)c1N=Nc1ccc(S(=O)(=O)CCOS(=O)(=O)O)cc1. The Labute approximate surface area is 345 Å². The van der Waals surface area contributed by atoms with E-state index in [9.17, 15) is 61.6 Å². The number of aliphatic hydroxyl groups excluding tert-OH is 1. The fraction of sp³-hybridized carbons (Fsp3) is 0.167. The van der Waals surface area contributed by atoms with E-state index in [0.717, 1.165) is 54.6 Å². The highest BCUT2D eigenvalue weighted by Crippen LogP contribution is 2.49. The summed E-state index contributed by atoms with van der Waals surface area (Å²) in [5, 5.41) is 43.5. The average Bonchev–Trinajstić information content (AvgIpc) is 3.15. The first kappa shape index (κ1) is 47.9. The van der Waals surface area contributed by atoms with Crippen LogP contribution in [0.2, 0.25) is 0 Å². The van der Waals surface area contributed by atoms with Gasteiger partial charge in [0.05, 0.1) is 63.9 Å². The van der Waals surface area contributed by atoms with Crippen LogP contribution in [0.1, 0.15) is 15.9 Å². The number of carboxylic acids is 1. The molecule has 0 fully saturated rings. The van der Waals surface area contributed by atoms with Gasteiger partial charge in [-0.05, 0) is 48.5 Å². The number of nitrogens with zero attached hydrogens (tertiary/aromatic N) is 6. The topological polar surface area (TPSA) is 434 Å². The molecule has 61 heavy (non-hydrogen) atoms. The molecule has 328 valence electrons. The number of aliphatic hydroxyl groups is 1. The summed E-state index contributed by atoms with van der Waals surface area (Å²) in [5.74, 6) is -3.64. The predicted molar refractivity (Wildman–Crippen MR) is 209 cm³/mol. The molecule has 31 heteroatoms. The van der Waals surface area contributed by atoms with Crippen molar-refractivity contribution in [1.82, 2.24) is 0 Å². The van der Waals surface area contributed by atoms with Crippen LogP contribution in [-0.2, 0) is 65.6 Å². The van der Waals surface area contributed by atoms with Gasteiger partial charge in [-0.15, -0.1) is 25.6 Å². The van der Waals surface area contributed by atoms with E-state index in [-0.39, 0.29) is 21.8 Å². The molecule has 9 N–H and O–H groups in total. The summed E-state index contributed by atoms with van der Waals surface area (Å²) < 4.78 is 153. The van der Waals surface area contributed by atoms with Crippen LogP contribution in [-0.4, -0.2) is 96.6 Å². The Kier molecular flexibility index (Phi) is 14.8. The molecule has 0 spiro atoms. The third-order valence-corrected chi connectivity index (χ3v) is 12.8. The van der Waals surface area contributed by atoms with Crippen LogP contribution in [0.25, 0.3) is 0 Å². The van der Waals surface area contributed by atoms with Crippen LogP contribution in [0.3, 0.4) is 0 Å². The number of hydrogen-bond acceptors (Lipinski definition) is 22. The summed E-state index contributed by atoms with van der Waals surface area (Å²) in [6.07, 6.45) is 0. The van der Waals surface area contributed by atoms with E-state index in [1.165, 1.54) is 12.1 Å². The summed E-state index contributed by atoms with van der Waals surface area (Å²) in [4.78, 5) is 11.2. The largest absolute Gasteiger partial charge is 0.478 e. The van der Waals surface area contributed by atoms with Gasteiger partial charge in [-0.2, -0.15) is 30.4 Å². The lowest BCUT2D eigenvalue weighted by Crippen LogP contribution is -2.15. The zero-order valence-electron chi connectivity index (χ0n) is 30.3. The van der Waals surface area contributed by atoms with Gasteiger partial charge >= 0.3 is 26.8 Å². The van der Waals surface area contributed by atoms with E-state index in [0.29, 0.717) is 0 Å². The minimum Gasteiger partial charge on any atom is -0.478 e. The van der Waals surface area contributed by atoms with Gasteiger partial charge in [-0.1, -0.05) is 18.2 Å². The normalized spacial score (nSPS) is 13.1. The highest BCUT2D eigenvalue weighted by molar-refractivity contribution is 7.91. The first-order valence-electron chi connectivity index (χ1n) is 16.1. The van der Waals surface area contributed by atoms with E-state index < -0.39 is 137 Å². The number of carbonyl (C=O) groups is 1. The molecule has 0 aromatic heterocycles. The molecule has 0 atom stereocenters. The van der Waals surface area contributed by atoms with Crippen molar-refractivity contribution in [3.63, 3.8) is 0 Å². The number of carboxylic acid groups (broad SMARTS) is 1. The Balaban J connectivity index is 1.89. The maximum absolute atomic E-state index is 12.9. The van der Waals surface area contributed by atoms with E-state index in [2.05, 4.69) is 39.1 Å². The van der Waals surface area contributed by atoms with Crippen LogP contribution < -0.4 is 11.5 Å². The Morgan fingerprint density at radius 2 is 1.07 bits per heavy atom. The number of sulfone groups is 2. The van der Waals surface area contributed by atoms with Crippen molar-refractivity contribution in [2.24, 2.45) is 30.7 Å². The van der Waals surface area contributed by atoms with Crippen molar-refractivity contribution in [2.45, 2.75) is 21.3 Å². The fourth-order valence-corrected chi connectivity index (χ4v) is 8.38. The molecule has 26 nitrogen and oxygen atoms in total. The van der Waals surface area contributed by atoms with E-state index in [1.807, 2.05) is 0 Å². The maximum atomic E-state index is 12.9. The van der Waals surface area contributed by atoms with Crippen molar-refractivity contribution in [1.29, 1.82) is 0 Å². The van der Waals surface area contributed by atoms with Gasteiger partial charge in [0.2, 0.25) is 0 Å². The highest BCUT2D eigenvalue weighted by atomic mass is 32.3. The minimum atomic E-state index is -4.98. The number of aromatic carboxylic acids is 1. The van der Waals surface area contributed by atoms with Gasteiger partial charge in [0.1, 0.15) is 33.2 Å². The Morgan fingerprint density at radius 1 is 0.590 bits per heavy atom. The minimum absolute atomic E-state index is 0.0470. The van der Waals surface area contributed by atoms with Crippen molar-refractivity contribution >= 4 is 102 Å². The number of benzene rings is 4. The van der Waals surface area contributed by atoms with Gasteiger partial charge in [-0.3, -0.25) is 13.7 Å². The molecule has 0 aliphatic rings. The number of rotatable bonds is 19. The summed E-state index contributed by atoms with van der Waals surface area (Å²) in [6.45, 7) is -2.66. The standard InChI is InChI=1S/C30H30N8O18S5/c31-25-27(36-33-18-6-9-19(10-7-18)57(42,43)13-11-55-60(49,50)51)24(30(40)41)28(37-34-21-3-1-2-4-23(21)59(46,47)48)26(32)29(25)38-35-22-15-20(8-5-17(22)16-39)58(44,45)14-12-56-61(52,53)54/h1-10,15,39H,11-14,16,31-32H2,(H,40,41)(H,46,47,48)(H,49,50,51)(H,52,53,54). The van der Waals surface area contributed by atoms with Crippen molar-refractivity contribution in [3.05, 3.63) is 77.9 Å². The molecule has 0 heterocycles. The molecule has 0 amide bonds. The van der Waals surface area contributed by atoms with E-state index in [1.54, 1.807) is 0 Å². The maximum Gasteiger partial charge on any atom is 0.397 e. The molecule has 4 aromatic rings. The Bertz CT molecular complexity index is 3020. The summed E-state index contributed by atoms with van der Waals surface area (Å²) in [5.41, 5.74) is 7.12. The van der Waals surface area contributed by atoms with Crippen LogP contribution in [0.5, 0.6) is 0 Å². The third kappa shape index (κ3) is 12.9. The molecule has 0 saturated carbocycles. The fourth-order valence-electron chi connectivity index (χ4n) is 4.76. The Morgan fingerprint density at radius 3 is 1.57 bits per heavy atom. The molecule has 0 radical (unpaired) electrons. The molecule has 0 unspecified atom stereocenters. The molecule has 4 aromatic carbocycles. The number of nitrogen functional groups attached to an aromatic ring is 2. The van der Waals surface area contributed by atoms with Gasteiger partial charge in [0.15, 0.2) is 19.7 Å². The second-order valence-electron chi connectivity index (χ2n) is 11.7. The Hall–Kier alpha value is -5.74. The first-order valence-corrected chi connectivity index (χ1v) is 23.5. The quantitative estimate of drug-likeness (QED) is 0.0400. The van der Waals surface area contributed by atoms with Crippen molar-refractivity contribution in [2.75, 3.05) is 36.2 Å². The molecule has 0 saturated heterocycles. The molecule has 4 rings (SSSR count). The number of azo groups is 3. The lowest BCUT2D eigenvalue weighted by molar-refractivity contribution is 0.0698. The van der Waals surface area contributed by atoms with Gasteiger partial charge in [0.25, 0.3) is 10.1 Å². The highest BCUT2D eigenvalue weighted by Gasteiger charge is 2.28. The number of nitrogens with two attached hydrogens (primary N) is 2. The second-order valence-corrected chi connectivity index (χ2v) is 19.5. The van der Waals surface area contributed by atoms with Crippen molar-refractivity contribution < 1.29 is 79.1 Å². The molecule has 0 aliphatic carbocycles. The van der Waals surface area contributed by atoms with Crippen LogP contribution in [0.4, 0.5) is 45.5 Å². The van der Waals surface area contributed by atoms with E-state index in [4.69, 9.17) is 20.6 Å². The van der Waals surface area contributed by atoms with Gasteiger partial charge in [-0.25, -0.2) is 30.0 Å². The summed E-state index contributed by atoms with van der Waals surface area (Å²) >= 11 is 0. The number of anilines is 2. The monoisotopic (exact) mass is 950 g/mol. The van der Waals surface area contributed by atoms with Gasteiger partial charge in [0, 0.05) is 5.56 Å². The van der Waals surface area contributed by atoms with Crippen LogP contribution in [0, 0.1) is 0 Å². The molecular formula is C30H30N8O18S5. The lowest BCUT2D eigenvalue weighted by Gasteiger charge is -2.13. The number of hydrogen-bond donors (Lipinski definition) is 7. The molecule has 0 aliphatic heterocycles. The van der Waals surface area contributed by atoms with Crippen molar-refractivity contribution in [3.8, 4) is 0 Å². The smallest absolute Gasteiger partial charge is 0.397 e. The van der Waals surface area contributed by atoms with Gasteiger partial charge < -0.3 is 21.7 Å². The molecule has 0 bridgehead atoms. The average molecular weight is 951 g/mol. The summed E-state index contributed by atoms with van der Waals surface area (Å²) in [7, 11) is -23.3. The zero-order valence-corrected chi connectivity index (χ0v) is 34.4. The third-order valence-electron chi connectivity index (χ3n) is 7.58. The lowest BCUT2D eigenvalue weighted by atomic mass is 10.1. The summed E-state index contributed by atoms with van der Waals surface area (Å²) in [6, 6.07) is 11.8. The van der Waals surface area contributed by atoms with E-state index >= 15 is 0 Å². The predicted octanol–water partition coefficient (Wildman–Crippen LogP) is 3.72. The van der Waals surface area contributed by atoms with Crippen LogP contribution >= 0.6 is 0 Å². The second kappa shape index (κ2) is 18.9. The van der Waals surface area contributed by atoms with Crippen LogP contribution in [0.15, 0.2) is 112 Å². The zero-order chi connectivity index (χ0) is 45.6. The first-order chi connectivity index (χ1) is 28.2. The molecular weight excluding hydrogens is 921 g/mol.